The largest absolute Gasteiger partial charge is 0.249 e. The first-order valence-electron chi connectivity index (χ1n) is 6.80. The van der Waals surface area contributed by atoms with E-state index in [4.69, 9.17) is 0 Å². The smallest absolute Gasteiger partial charge is 0.0796 e. The fourth-order valence-corrected chi connectivity index (χ4v) is 2.14. The Morgan fingerprint density at radius 2 is 1.76 bits per heavy atom. The standard InChI is InChI=1S/C14H27N3/c1-10(2)7-8-11(3)13(5)14(6)17-9-12(4)15-16-17/h9-11,13-14H,7-8H2,1-6H3. The van der Waals surface area contributed by atoms with E-state index in [1.165, 1.54) is 12.8 Å². The summed E-state index contributed by atoms with van der Waals surface area (Å²) in [4.78, 5) is 0. The van der Waals surface area contributed by atoms with Crippen molar-refractivity contribution in [2.75, 3.05) is 0 Å². The fraction of sp³-hybridized carbons (Fsp3) is 0.857. The van der Waals surface area contributed by atoms with Gasteiger partial charge in [-0.1, -0.05) is 45.7 Å². The molecule has 17 heavy (non-hydrogen) atoms. The van der Waals surface area contributed by atoms with Crippen LogP contribution in [0.4, 0.5) is 0 Å². The van der Waals surface area contributed by atoms with Gasteiger partial charge in [0.05, 0.1) is 11.7 Å². The van der Waals surface area contributed by atoms with Gasteiger partial charge in [0, 0.05) is 6.20 Å². The second-order valence-corrected chi connectivity index (χ2v) is 5.89. The maximum absolute atomic E-state index is 4.18. The van der Waals surface area contributed by atoms with E-state index in [1.807, 2.05) is 17.8 Å². The Labute approximate surface area is 106 Å². The van der Waals surface area contributed by atoms with E-state index in [0.717, 1.165) is 17.5 Å². The predicted molar refractivity (Wildman–Crippen MR) is 71.9 cm³/mol. The van der Waals surface area contributed by atoms with Crippen LogP contribution in [-0.2, 0) is 0 Å². The summed E-state index contributed by atoms with van der Waals surface area (Å²) in [5, 5.41) is 8.25. The van der Waals surface area contributed by atoms with Crippen molar-refractivity contribution in [1.82, 2.24) is 15.0 Å². The molecule has 0 aliphatic heterocycles. The molecule has 0 bridgehead atoms. The summed E-state index contributed by atoms with van der Waals surface area (Å²) in [6, 6.07) is 0.429. The van der Waals surface area contributed by atoms with Crippen LogP contribution in [0, 0.1) is 24.7 Å². The third-order valence-electron chi connectivity index (χ3n) is 3.90. The van der Waals surface area contributed by atoms with Gasteiger partial charge in [0.1, 0.15) is 0 Å². The van der Waals surface area contributed by atoms with Crippen molar-refractivity contribution in [1.29, 1.82) is 0 Å². The van der Waals surface area contributed by atoms with Crippen LogP contribution in [0.5, 0.6) is 0 Å². The molecule has 0 radical (unpaired) electrons. The molecule has 0 spiro atoms. The minimum atomic E-state index is 0.429. The molecule has 0 N–H and O–H groups in total. The van der Waals surface area contributed by atoms with E-state index in [2.05, 4.69) is 44.9 Å². The van der Waals surface area contributed by atoms with Crippen LogP contribution in [0.1, 0.15) is 59.2 Å². The van der Waals surface area contributed by atoms with Crippen molar-refractivity contribution in [3.8, 4) is 0 Å². The van der Waals surface area contributed by atoms with E-state index >= 15 is 0 Å². The number of nitrogens with zero attached hydrogens (tertiary/aromatic N) is 3. The van der Waals surface area contributed by atoms with Gasteiger partial charge >= 0.3 is 0 Å². The first kappa shape index (κ1) is 14.2. The van der Waals surface area contributed by atoms with E-state index in [1.54, 1.807) is 0 Å². The molecule has 0 fully saturated rings. The fourth-order valence-electron chi connectivity index (χ4n) is 2.14. The van der Waals surface area contributed by atoms with Gasteiger partial charge in [0.2, 0.25) is 0 Å². The van der Waals surface area contributed by atoms with Gasteiger partial charge in [-0.25, -0.2) is 4.68 Å². The monoisotopic (exact) mass is 237 g/mol. The van der Waals surface area contributed by atoms with Crippen LogP contribution < -0.4 is 0 Å². The number of aryl methyl sites for hydroxylation is 1. The van der Waals surface area contributed by atoms with E-state index < -0.39 is 0 Å². The summed E-state index contributed by atoms with van der Waals surface area (Å²) in [6.45, 7) is 13.5. The number of aromatic nitrogens is 3. The van der Waals surface area contributed by atoms with E-state index in [-0.39, 0.29) is 0 Å². The van der Waals surface area contributed by atoms with E-state index in [9.17, 15) is 0 Å². The predicted octanol–water partition coefficient (Wildman–Crippen LogP) is 3.86. The van der Waals surface area contributed by atoms with E-state index in [0.29, 0.717) is 12.0 Å². The second-order valence-electron chi connectivity index (χ2n) is 5.89. The maximum Gasteiger partial charge on any atom is 0.0796 e. The Kier molecular flexibility index (Phi) is 5.16. The highest BCUT2D eigenvalue weighted by Gasteiger charge is 2.21. The topological polar surface area (TPSA) is 30.7 Å². The Morgan fingerprint density at radius 3 is 2.24 bits per heavy atom. The number of hydrogen-bond acceptors (Lipinski definition) is 2. The highest BCUT2D eigenvalue weighted by molar-refractivity contribution is 4.89. The van der Waals surface area contributed by atoms with Gasteiger partial charge in [0.25, 0.3) is 0 Å². The zero-order valence-electron chi connectivity index (χ0n) is 12.1. The molecule has 0 amide bonds. The van der Waals surface area contributed by atoms with Crippen LogP contribution in [0.3, 0.4) is 0 Å². The molecule has 0 aliphatic carbocycles. The zero-order valence-corrected chi connectivity index (χ0v) is 12.1. The lowest BCUT2D eigenvalue weighted by atomic mass is 9.85. The number of hydrogen-bond donors (Lipinski definition) is 0. The minimum absolute atomic E-state index is 0.429. The van der Waals surface area contributed by atoms with Crippen LogP contribution in [0.25, 0.3) is 0 Å². The molecular weight excluding hydrogens is 210 g/mol. The average Bonchev–Trinajstić information content (AvgIpc) is 2.70. The third-order valence-corrected chi connectivity index (χ3v) is 3.90. The lowest BCUT2D eigenvalue weighted by Crippen LogP contribution is -2.21. The molecule has 3 unspecified atom stereocenters. The van der Waals surface area contributed by atoms with Crippen molar-refractivity contribution < 1.29 is 0 Å². The first-order chi connectivity index (χ1) is 7.91. The molecule has 3 heteroatoms. The van der Waals surface area contributed by atoms with Crippen LogP contribution in [-0.4, -0.2) is 15.0 Å². The highest BCUT2D eigenvalue weighted by atomic mass is 15.4. The summed E-state index contributed by atoms with van der Waals surface area (Å²) in [5.41, 5.74) is 0.999. The number of rotatable bonds is 6. The minimum Gasteiger partial charge on any atom is -0.249 e. The lowest BCUT2D eigenvalue weighted by molar-refractivity contribution is 0.240. The molecule has 0 saturated heterocycles. The first-order valence-corrected chi connectivity index (χ1v) is 6.80. The van der Waals surface area contributed by atoms with Crippen molar-refractivity contribution in [3.05, 3.63) is 11.9 Å². The SMILES string of the molecule is Cc1cn(C(C)C(C)C(C)CCC(C)C)nn1. The Hall–Kier alpha value is -0.860. The van der Waals surface area contributed by atoms with Crippen LogP contribution in [0.15, 0.2) is 6.20 Å². The van der Waals surface area contributed by atoms with Gasteiger partial charge < -0.3 is 0 Å². The van der Waals surface area contributed by atoms with Gasteiger partial charge in [-0.15, -0.1) is 5.10 Å². The molecule has 0 saturated carbocycles. The van der Waals surface area contributed by atoms with Crippen LogP contribution in [0.2, 0.25) is 0 Å². The summed E-state index contributed by atoms with van der Waals surface area (Å²) >= 11 is 0. The Morgan fingerprint density at radius 1 is 1.12 bits per heavy atom. The summed E-state index contributed by atoms with van der Waals surface area (Å²) in [7, 11) is 0. The maximum atomic E-state index is 4.18. The Balaban J connectivity index is 2.53. The lowest BCUT2D eigenvalue weighted by Gasteiger charge is -2.26. The van der Waals surface area contributed by atoms with Crippen molar-refractivity contribution >= 4 is 0 Å². The molecule has 3 atom stereocenters. The third kappa shape index (κ3) is 4.14. The normalized spacial score (nSPS) is 17.1. The quantitative estimate of drug-likeness (QED) is 0.752. The van der Waals surface area contributed by atoms with Gasteiger partial charge in [0.15, 0.2) is 0 Å². The molecule has 98 valence electrons. The summed E-state index contributed by atoms with van der Waals surface area (Å²) < 4.78 is 2.01. The Bertz CT molecular complexity index is 330. The van der Waals surface area contributed by atoms with Gasteiger partial charge in [-0.3, -0.25) is 0 Å². The average molecular weight is 237 g/mol. The molecule has 3 nitrogen and oxygen atoms in total. The summed E-state index contributed by atoms with van der Waals surface area (Å²) in [5.74, 6) is 2.17. The molecule has 1 aromatic heterocycles. The molecule has 0 aliphatic rings. The molecular formula is C14H27N3. The summed E-state index contributed by atoms with van der Waals surface area (Å²) in [6.07, 6.45) is 4.65. The van der Waals surface area contributed by atoms with Crippen molar-refractivity contribution in [2.24, 2.45) is 17.8 Å². The molecule has 1 aromatic rings. The molecule has 1 rings (SSSR count). The van der Waals surface area contributed by atoms with Gasteiger partial charge in [-0.05, 0) is 31.6 Å². The molecule has 0 aromatic carbocycles. The zero-order chi connectivity index (χ0) is 13.0. The second kappa shape index (κ2) is 6.18. The van der Waals surface area contributed by atoms with Gasteiger partial charge in [-0.2, -0.15) is 0 Å². The molecule has 1 heterocycles. The van der Waals surface area contributed by atoms with Crippen molar-refractivity contribution in [3.63, 3.8) is 0 Å². The van der Waals surface area contributed by atoms with Crippen molar-refractivity contribution in [2.45, 2.75) is 60.4 Å². The highest BCUT2D eigenvalue weighted by Crippen LogP contribution is 2.28. The van der Waals surface area contributed by atoms with Crippen LogP contribution >= 0.6 is 0 Å².